The van der Waals surface area contributed by atoms with Crippen LogP contribution < -0.4 is 15.4 Å². The summed E-state index contributed by atoms with van der Waals surface area (Å²) >= 11 is 14.3. The Bertz CT molecular complexity index is 1520. The molecule has 3 atom stereocenters. The number of ketones is 1. The second kappa shape index (κ2) is 10.9. The molecule has 3 fully saturated rings. The van der Waals surface area contributed by atoms with E-state index in [-0.39, 0.29) is 47.6 Å². The third-order valence-corrected chi connectivity index (χ3v) is 9.63. The van der Waals surface area contributed by atoms with E-state index in [0.717, 1.165) is 42.1 Å². The van der Waals surface area contributed by atoms with Gasteiger partial charge in [0.1, 0.15) is 11.3 Å². The van der Waals surface area contributed by atoms with Crippen LogP contribution in [0.5, 0.6) is 5.75 Å². The Morgan fingerprint density at radius 1 is 1.20 bits per heavy atom. The van der Waals surface area contributed by atoms with Crippen molar-refractivity contribution in [2.45, 2.75) is 44.8 Å². The highest BCUT2D eigenvalue weighted by molar-refractivity contribution is 7.22. The van der Waals surface area contributed by atoms with Gasteiger partial charge in [-0.1, -0.05) is 40.6 Å². The monoisotopic (exact) mass is 601 g/mol. The lowest BCUT2D eigenvalue weighted by Crippen LogP contribution is -2.39. The Kier molecular flexibility index (Phi) is 7.41. The number of rotatable bonds is 10. The summed E-state index contributed by atoms with van der Waals surface area (Å²) in [5.74, 6) is -0.236. The summed E-state index contributed by atoms with van der Waals surface area (Å²) in [5, 5.41) is 11.2. The van der Waals surface area contributed by atoms with Crippen LogP contribution in [0.15, 0.2) is 35.9 Å². The quantitative estimate of drug-likeness (QED) is 0.270. The van der Waals surface area contributed by atoms with E-state index in [1.807, 2.05) is 6.92 Å². The number of benzene rings is 2. The van der Waals surface area contributed by atoms with Gasteiger partial charge in [0, 0.05) is 35.6 Å². The summed E-state index contributed by atoms with van der Waals surface area (Å²) in [4.78, 5) is 31.9. The third-order valence-electron chi connectivity index (χ3n) is 7.96. The third kappa shape index (κ3) is 5.04. The Balaban J connectivity index is 1.19. The normalized spacial score (nSPS) is 22.6. The van der Waals surface area contributed by atoms with Gasteiger partial charge in [-0.2, -0.15) is 0 Å². The maximum absolute atomic E-state index is 13.2. The summed E-state index contributed by atoms with van der Waals surface area (Å²) in [5.41, 5.74) is 8.60. The second-order valence-electron chi connectivity index (χ2n) is 10.6. The fourth-order valence-corrected chi connectivity index (χ4v) is 7.52. The number of carbonyl (C=O) groups is 2. The van der Waals surface area contributed by atoms with Gasteiger partial charge >= 0.3 is 5.97 Å². The zero-order chi connectivity index (χ0) is 28.1. The van der Waals surface area contributed by atoms with E-state index in [4.69, 9.17) is 43.4 Å². The van der Waals surface area contributed by atoms with Crippen molar-refractivity contribution < 1.29 is 24.2 Å². The zero-order valence-corrected chi connectivity index (χ0v) is 24.2. The molecule has 2 saturated carbocycles. The first-order chi connectivity index (χ1) is 19.2. The molecule has 1 saturated heterocycles. The molecule has 11 heteroatoms. The van der Waals surface area contributed by atoms with Gasteiger partial charge in [0.15, 0.2) is 10.9 Å². The fraction of sp³-hybridized carbons (Fsp3) is 0.414. The molecule has 40 heavy (non-hydrogen) atoms. The Morgan fingerprint density at radius 2 is 1.95 bits per heavy atom. The minimum Gasteiger partial charge on any atom is -0.492 e. The summed E-state index contributed by atoms with van der Waals surface area (Å²) in [7, 11) is 0. The number of piperidine rings is 1. The van der Waals surface area contributed by atoms with E-state index in [9.17, 15) is 14.7 Å². The lowest BCUT2D eigenvalue weighted by molar-refractivity contribution is -0.117. The number of fused-ring (bicyclic) bond motifs is 3. The number of nitrogens with two attached hydrogens (primary N) is 1. The molecule has 0 spiro atoms. The Morgan fingerprint density at radius 3 is 2.58 bits per heavy atom. The number of hydrogen-bond donors (Lipinski definition) is 2. The summed E-state index contributed by atoms with van der Waals surface area (Å²) in [6.07, 6.45) is 3.47. The van der Waals surface area contributed by atoms with E-state index in [1.165, 1.54) is 17.4 Å². The molecule has 0 unspecified atom stereocenters. The number of carboxylic acid groups (broad SMARTS) is 1. The molecule has 6 rings (SSSR count). The van der Waals surface area contributed by atoms with Crippen molar-refractivity contribution in [3.63, 3.8) is 0 Å². The molecule has 2 aliphatic carbocycles. The van der Waals surface area contributed by atoms with Crippen LogP contribution in [0.1, 0.15) is 48.5 Å². The van der Waals surface area contributed by atoms with E-state index in [1.54, 1.807) is 24.3 Å². The standard InChI is InChI=1S/C29H29Cl2N3O5S/c1-2-38-22-9-15(28(36)37)10-23-26(22)33-29(40-23)34-12-16-8-17(34)11-21(16)39-13-18(27(35)14-6-7-14)25(32)24-19(30)4-3-5-20(24)31/h3-5,9-10,14,16-17,21H,2,6-8,11-13,32H2,1H3,(H,36,37)/t16-,17-,21+/m0/s1. The van der Waals surface area contributed by atoms with Crippen molar-refractivity contribution in [3.8, 4) is 5.75 Å². The molecule has 3 N–H and O–H groups in total. The largest absolute Gasteiger partial charge is 0.492 e. The first-order valence-electron chi connectivity index (χ1n) is 13.4. The van der Waals surface area contributed by atoms with Crippen LogP contribution in [-0.4, -0.2) is 53.7 Å². The number of aromatic nitrogens is 1. The lowest BCUT2D eigenvalue weighted by Gasteiger charge is -2.31. The average molecular weight is 603 g/mol. The molecular weight excluding hydrogens is 573 g/mol. The van der Waals surface area contributed by atoms with Crippen molar-refractivity contribution in [2.24, 2.45) is 17.6 Å². The van der Waals surface area contributed by atoms with Gasteiger partial charge in [-0.25, -0.2) is 9.78 Å². The molecule has 2 aromatic carbocycles. The van der Waals surface area contributed by atoms with Gasteiger partial charge in [0.05, 0.1) is 45.3 Å². The van der Waals surface area contributed by atoms with Gasteiger partial charge in [-0.15, -0.1) is 0 Å². The zero-order valence-electron chi connectivity index (χ0n) is 21.9. The molecule has 2 bridgehead atoms. The fourth-order valence-electron chi connectivity index (χ4n) is 5.81. The highest BCUT2D eigenvalue weighted by atomic mass is 35.5. The van der Waals surface area contributed by atoms with Gasteiger partial charge in [-0.05, 0) is 56.9 Å². The van der Waals surface area contributed by atoms with E-state index >= 15 is 0 Å². The van der Waals surface area contributed by atoms with E-state index in [0.29, 0.717) is 39.1 Å². The number of Topliss-reactive ketones (excluding diaryl/α,β-unsaturated/α-hetero) is 1. The van der Waals surface area contributed by atoms with Crippen LogP contribution in [0.25, 0.3) is 15.9 Å². The smallest absolute Gasteiger partial charge is 0.335 e. The molecule has 210 valence electrons. The number of hydrogen-bond acceptors (Lipinski definition) is 8. The molecular formula is C29H29Cl2N3O5S. The summed E-state index contributed by atoms with van der Waals surface area (Å²) < 4.78 is 12.9. The number of carbonyl (C=O) groups excluding carboxylic acids is 1. The van der Waals surface area contributed by atoms with Crippen LogP contribution in [0.2, 0.25) is 10.0 Å². The summed E-state index contributed by atoms with van der Waals surface area (Å²) in [6.45, 7) is 3.17. The lowest BCUT2D eigenvalue weighted by atomic mass is 10.0. The molecule has 3 aliphatic rings. The maximum Gasteiger partial charge on any atom is 0.335 e. The van der Waals surface area contributed by atoms with Crippen molar-refractivity contribution in [1.29, 1.82) is 0 Å². The molecule has 0 amide bonds. The van der Waals surface area contributed by atoms with Gasteiger partial charge in [0.2, 0.25) is 0 Å². The van der Waals surface area contributed by atoms with Crippen LogP contribution >= 0.6 is 34.5 Å². The van der Waals surface area contributed by atoms with Gasteiger partial charge < -0.3 is 25.2 Å². The molecule has 0 radical (unpaired) electrons. The van der Waals surface area contributed by atoms with Crippen LogP contribution in [0.3, 0.4) is 0 Å². The molecule has 8 nitrogen and oxygen atoms in total. The van der Waals surface area contributed by atoms with Crippen LogP contribution in [0.4, 0.5) is 5.13 Å². The number of carboxylic acids is 1. The second-order valence-corrected chi connectivity index (χ2v) is 12.4. The number of anilines is 1. The number of aromatic carboxylic acids is 1. The SMILES string of the molecule is CCOc1cc(C(=O)O)cc2sc(N3C[C@@H]4C[C@H]3C[C@H]4OCC(C(=O)C3CC3)=C(N)c3c(Cl)cccc3Cl)nc12. The number of ether oxygens (including phenoxy) is 2. The molecule has 1 aliphatic heterocycles. The summed E-state index contributed by atoms with van der Waals surface area (Å²) in [6, 6.07) is 8.60. The first-order valence-corrected chi connectivity index (χ1v) is 15.0. The van der Waals surface area contributed by atoms with Crippen molar-refractivity contribution in [2.75, 3.05) is 24.7 Å². The highest BCUT2D eigenvalue weighted by Crippen LogP contribution is 2.45. The molecule has 3 aromatic rings. The van der Waals surface area contributed by atoms with Crippen LogP contribution in [0, 0.1) is 11.8 Å². The highest BCUT2D eigenvalue weighted by Gasteiger charge is 2.46. The molecule has 1 aromatic heterocycles. The van der Waals surface area contributed by atoms with Crippen molar-refractivity contribution in [3.05, 3.63) is 57.1 Å². The number of nitrogens with zero attached hydrogens (tertiary/aromatic N) is 2. The number of halogens is 2. The predicted molar refractivity (Wildman–Crippen MR) is 157 cm³/mol. The van der Waals surface area contributed by atoms with Crippen molar-refractivity contribution >= 4 is 67.3 Å². The minimum atomic E-state index is -0.996. The van der Waals surface area contributed by atoms with E-state index in [2.05, 4.69) is 4.90 Å². The van der Waals surface area contributed by atoms with Gasteiger partial charge in [0.25, 0.3) is 0 Å². The Hall–Kier alpha value is -2.85. The predicted octanol–water partition coefficient (Wildman–Crippen LogP) is 6.03. The van der Waals surface area contributed by atoms with Gasteiger partial charge in [-0.3, -0.25) is 4.79 Å². The topological polar surface area (TPSA) is 115 Å². The number of thiazole rings is 1. The first kappa shape index (κ1) is 27.3. The van der Waals surface area contributed by atoms with Crippen molar-refractivity contribution in [1.82, 2.24) is 4.98 Å². The average Bonchev–Trinajstić information content (AvgIpc) is 3.37. The minimum absolute atomic E-state index is 0.00949. The van der Waals surface area contributed by atoms with Crippen LogP contribution in [-0.2, 0) is 9.53 Å². The van der Waals surface area contributed by atoms with E-state index < -0.39 is 5.97 Å². The Labute approximate surface area is 245 Å². The molecule has 2 heterocycles. The maximum atomic E-state index is 13.2.